The van der Waals surface area contributed by atoms with E-state index in [1.807, 2.05) is 0 Å². The highest BCUT2D eigenvalue weighted by Crippen LogP contribution is 2.15. The molecular formula is C19H30BF3O3. The van der Waals surface area contributed by atoms with Gasteiger partial charge in [0.2, 0.25) is 0 Å². The minimum absolute atomic E-state index is 0.562. The molecule has 0 aromatic heterocycles. The number of allylic oxidation sites excluding steroid dienone is 6. The molecule has 26 heavy (non-hydrogen) atoms. The van der Waals surface area contributed by atoms with E-state index < -0.39 is 19.5 Å². The summed E-state index contributed by atoms with van der Waals surface area (Å²) in [5.74, 6) is -1.12. The van der Waals surface area contributed by atoms with Crippen molar-refractivity contribution in [2.75, 3.05) is 0 Å². The Bertz CT molecular complexity index is 450. The summed E-state index contributed by atoms with van der Waals surface area (Å²) in [6.07, 6.45) is 14.6. The maximum atomic E-state index is 9.81. The molecule has 0 atom stereocenters. The lowest BCUT2D eigenvalue weighted by atomic mass is 10.0. The molecule has 0 amide bonds. The molecule has 0 aromatic rings. The maximum Gasteiger partial charge on any atom is 0.762 e. The molecule has 1 rings (SSSR count). The molecule has 0 spiro atoms. The minimum atomic E-state index is -3.67. The quantitative estimate of drug-likeness (QED) is 0.221. The first-order valence-corrected chi connectivity index (χ1v) is 8.62. The fraction of sp³-hybridized carbons (Fsp3) is 0.579. The zero-order valence-corrected chi connectivity index (χ0v) is 16.4. The first-order valence-electron chi connectivity index (χ1n) is 8.62. The molecule has 0 saturated heterocycles. The molecule has 3 nitrogen and oxygen atoms in total. The number of ether oxygens (including phenoxy) is 1. The van der Waals surface area contributed by atoms with Crippen molar-refractivity contribution in [1.29, 1.82) is 0 Å². The third kappa shape index (κ3) is 24.5. The first-order chi connectivity index (χ1) is 12.0. The Hall–Kier alpha value is -1.79. The minimum Gasteiger partial charge on any atom is -0.394 e. The van der Waals surface area contributed by atoms with Crippen LogP contribution in [0.25, 0.3) is 0 Å². The maximum absolute atomic E-state index is 9.81. The fourth-order valence-corrected chi connectivity index (χ4v) is 2.15. The van der Waals surface area contributed by atoms with Crippen LogP contribution in [-0.4, -0.2) is 19.5 Å². The van der Waals surface area contributed by atoms with Crippen LogP contribution in [-0.2, 0) is 14.3 Å². The third-order valence-electron chi connectivity index (χ3n) is 3.38. The van der Waals surface area contributed by atoms with Crippen molar-refractivity contribution >= 4 is 19.5 Å². The largest absolute Gasteiger partial charge is 0.762 e. The van der Waals surface area contributed by atoms with E-state index in [9.17, 15) is 22.5 Å². The van der Waals surface area contributed by atoms with Crippen LogP contribution in [0, 0.1) is 0 Å². The van der Waals surface area contributed by atoms with Crippen LogP contribution in [0.1, 0.15) is 73.1 Å². The van der Waals surface area contributed by atoms with E-state index in [-0.39, 0.29) is 0 Å². The normalized spacial score (nSPS) is 21.0. The van der Waals surface area contributed by atoms with Crippen LogP contribution >= 0.6 is 0 Å². The van der Waals surface area contributed by atoms with E-state index in [2.05, 4.69) is 43.7 Å². The molecule has 0 saturated carbocycles. The van der Waals surface area contributed by atoms with Gasteiger partial charge < -0.3 is 4.74 Å². The molecule has 0 N–H and O–H groups in total. The molecule has 0 aliphatic heterocycles. The van der Waals surface area contributed by atoms with Crippen LogP contribution in [0.4, 0.5) is 12.9 Å². The van der Waals surface area contributed by atoms with Gasteiger partial charge in [0, 0.05) is 13.8 Å². The molecule has 7 heteroatoms. The first kappa shape index (κ1) is 26.4. The highest BCUT2D eigenvalue weighted by atomic mass is 19.4. The molecule has 1 aliphatic carbocycles. The van der Waals surface area contributed by atoms with E-state index in [1.54, 1.807) is 16.7 Å². The van der Waals surface area contributed by atoms with Gasteiger partial charge >= 0.3 is 19.5 Å². The standard InChI is InChI=1S/C15H24.C4H6O3.BF3/c1-13-7-4-9-14(2)11-6-12-15(3)10-5-8-13;1-3(5)7-4(2)6;2-1(3)4/h7,10-11H,4-6,8-9,12H2,1-3H3;1-2H3;/b13-7-,14-11-,15-10-;;. The fourth-order valence-electron chi connectivity index (χ4n) is 2.15. The van der Waals surface area contributed by atoms with Crippen molar-refractivity contribution in [2.24, 2.45) is 0 Å². The Morgan fingerprint density at radius 1 is 0.769 bits per heavy atom. The molecule has 0 heterocycles. The van der Waals surface area contributed by atoms with Gasteiger partial charge in [-0.15, -0.1) is 0 Å². The summed E-state index contributed by atoms with van der Waals surface area (Å²) < 4.78 is 33.0. The average Bonchev–Trinajstić information content (AvgIpc) is 2.44. The number of hydrogen-bond donors (Lipinski definition) is 0. The van der Waals surface area contributed by atoms with Crippen LogP contribution < -0.4 is 0 Å². The Morgan fingerprint density at radius 3 is 1.15 bits per heavy atom. The lowest BCUT2D eigenvalue weighted by Gasteiger charge is -2.05. The van der Waals surface area contributed by atoms with Crippen molar-refractivity contribution in [2.45, 2.75) is 73.1 Å². The Balaban J connectivity index is 0. The van der Waals surface area contributed by atoms with E-state index >= 15 is 0 Å². The third-order valence-corrected chi connectivity index (χ3v) is 3.38. The van der Waals surface area contributed by atoms with Crippen molar-refractivity contribution < 1.29 is 27.3 Å². The molecule has 0 aromatic carbocycles. The number of rotatable bonds is 0. The zero-order chi connectivity index (χ0) is 20.5. The summed E-state index contributed by atoms with van der Waals surface area (Å²) in [4.78, 5) is 19.6. The predicted molar refractivity (Wildman–Crippen MR) is 100 cm³/mol. The molecule has 148 valence electrons. The second-order valence-corrected chi connectivity index (χ2v) is 6.10. The van der Waals surface area contributed by atoms with Gasteiger partial charge in [-0.2, -0.15) is 0 Å². The lowest BCUT2D eigenvalue weighted by molar-refractivity contribution is -0.156. The summed E-state index contributed by atoms with van der Waals surface area (Å²) in [6.45, 7) is 9.14. The SMILES string of the molecule is C/C1=C/CC/C(C)=C\CC/C(C)=C\CC1.CC(=O)OC(C)=O.FB(F)F. The van der Waals surface area contributed by atoms with Crippen LogP contribution in [0.3, 0.4) is 0 Å². The number of carbonyl (C=O) groups excluding carboxylic acids is 2. The smallest absolute Gasteiger partial charge is 0.394 e. The van der Waals surface area contributed by atoms with Crippen LogP contribution in [0.5, 0.6) is 0 Å². The average molecular weight is 374 g/mol. The summed E-state index contributed by atoms with van der Waals surface area (Å²) in [5.41, 5.74) is 4.65. The van der Waals surface area contributed by atoms with Gasteiger partial charge in [0.1, 0.15) is 0 Å². The molecule has 0 radical (unpaired) electrons. The highest BCUT2D eigenvalue weighted by molar-refractivity contribution is 6.33. The summed E-state index contributed by atoms with van der Waals surface area (Å²) in [5, 5.41) is 0. The van der Waals surface area contributed by atoms with Crippen molar-refractivity contribution in [3.05, 3.63) is 34.9 Å². The zero-order valence-electron chi connectivity index (χ0n) is 16.4. The van der Waals surface area contributed by atoms with E-state index in [0.29, 0.717) is 0 Å². The van der Waals surface area contributed by atoms with Gasteiger partial charge in [-0.25, -0.2) is 0 Å². The number of halogens is 3. The van der Waals surface area contributed by atoms with Gasteiger partial charge in [0.05, 0.1) is 0 Å². The van der Waals surface area contributed by atoms with Crippen molar-refractivity contribution in [1.82, 2.24) is 0 Å². The molecule has 1 aliphatic rings. The Kier molecular flexibility index (Phi) is 17.0. The predicted octanol–water partition coefficient (Wildman–Crippen LogP) is 6.16. The number of hydrogen-bond acceptors (Lipinski definition) is 3. The highest BCUT2D eigenvalue weighted by Gasteiger charge is 2.06. The second-order valence-electron chi connectivity index (χ2n) is 6.10. The van der Waals surface area contributed by atoms with Gasteiger partial charge in [-0.1, -0.05) is 34.9 Å². The van der Waals surface area contributed by atoms with Crippen LogP contribution in [0.15, 0.2) is 34.9 Å². The number of carbonyl (C=O) groups is 2. The van der Waals surface area contributed by atoms with Crippen molar-refractivity contribution in [3.63, 3.8) is 0 Å². The van der Waals surface area contributed by atoms with Gasteiger partial charge in [-0.05, 0) is 59.3 Å². The van der Waals surface area contributed by atoms with Gasteiger partial charge in [0.15, 0.2) is 0 Å². The van der Waals surface area contributed by atoms with E-state index in [4.69, 9.17) is 0 Å². The topological polar surface area (TPSA) is 43.4 Å². The number of esters is 2. The molecule has 0 unspecified atom stereocenters. The van der Waals surface area contributed by atoms with E-state index in [1.165, 1.54) is 52.4 Å². The lowest BCUT2D eigenvalue weighted by Crippen LogP contribution is -2.03. The van der Waals surface area contributed by atoms with Gasteiger partial charge in [0.25, 0.3) is 0 Å². The van der Waals surface area contributed by atoms with Crippen LogP contribution in [0.2, 0.25) is 0 Å². The molecule has 0 fully saturated rings. The van der Waals surface area contributed by atoms with Gasteiger partial charge in [-0.3, -0.25) is 22.5 Å². The molecule has 0 bridgehead atoms. The summed E-state index contributed by atoms with van der Waals surface area (Å²) >= 11 is 0. The Morgan fingerprint density at radius 2 is 1.00 bits per heavy atom. The second kappa shape index (κ2) is 16.7. The van der Waals surface area contributed by atoms with Crippen molar-refractivity contribution in [3.8, 4) is 0 Å². The van der Waals surface area contributed by atoms with E-state index in [0.717, 1.165) is 0 Å². The summed E-state index contributed by atoms with van der Waals surface area (Å²) in [7, 11) is -3.67. The molecular weight excluding hydrogens is 344 g/mol. The summed E-state index contributed by atoms with van der Waals surface area (Å²) in [6, 6.07) is 0. The monoisotopic (exact) mass is 374 g/mol. The Labute approximate surface area is 155 Å².